The van der Waals surface area contributed by atoms with Gasteiger partial charge in [0.25, 0.3) is 0 Å². The molecule has 1 aromatic heterocycles. The summed E-state index contributed by atoms with van der Waals surface area (Å²) in [4.78, 5) is 4.28. The Kier molecular flexibility index (Phi) is 5.02. The molecular weight excluding hydrogens is 300 g/mol. The lowest BCUT2D eigenvalue weighted by molar-refractivity contribution is 0.101. The van der Waals surface area contributed by atoms with E-state index in [1.807, 2.05) is 12.4 Å². The fourth-order valence-corrected chi connectivity index (χ4v) is 3.95. The molecule has 3 heteroatoms. The third kappa shape index (κ3) is 3.79. The van der Waals surface area contributed by atoms with Crippen LogP contribution in [0.15, 0.2) is 22.9 Å². The van der Waals surface area contributed by atoms with Gasteiger partial charge in [-0.05, 0) is 65.2 Å². The highest BCUT2D eigenvalue weighted by atomic mass is 79.9. The van der Waals surface area contributed by atoms with E-state index in [4.69, 9.17) is 0 Å². The number of nitrogens with one attached hydrogen (secondary N) is 1. The van der Waals surface area contributed by atoms with Crippen molar-refractivity contribution in [2.75, 3.05) is 7.05 Å². The number of aromatic nitrogens is 1. The van der Waals surface area contributed by atoms with Crippen molar-refractivity contribution < 1.29 is 0 Å². The van der Waals surface area contributed by atoms with Crippen LogP contribution in [0.2, 0.25) is 0 Å². The smallest absolute Gasteiger partial charge is 0.0410 e. The average Bonchev–Trinajstić information content (AvgIpc) is 2.36. The van der Waals surface area contributed by atoms with Gasteiger partial charge < -0.3 is 5.32 Å². The number of rotatable bonds is 4. The van der Waals surface area contributed by atoms with Crippen LogP contribution in [0.4, 0.5) is 0 Å². The van der Waals surface area contributed by atoms with Crippen molar-refractivity contribution in [2.24, 2.45) is 11.3 Å². The molecule has 2 atom stereocenters. The molecule has 106 valence electrons. The molecular formula is C16H25BrN2. The van der Waals surface area contributed by atoms with Crippen LogP contribution in [0.5, 0.6) is 0 Å². The number of nitrogens with zero attached hydrogens (tertiary/aromatic N) is 1. The topological polar surface area (TPSA) is 24.9 Å². The van der Waals surface area contributed by atoms with E-state index in [1.54, 1.807) is 0 Å². The summed E-state index contributed by atoms with van der Waals surface area (Å²) in [7, 11) is 2.10. The van der Waals surface area contributed by atoms with Gasteiger partial charge >= 0.3 is 0 Å². The zero-order valence-corrected chi connectivity index (χ0v) is 13.8. The van der Waals surface area contributed by atoms with Crippen LogP contribution < -0.4 is 5.32 Å². The molecule has 0 aliphatic heterocycles. The minimum atomic E-state index is 0.450. The fraction of sp³-hybridized carbons (Fsp3) is 0.688. The van der Waals surface area contributed by atoms with Gasteiger partial charge in [0.1, 0.15) is 0 Å². The van der Waals surface area contributed by atoms with Gasteiger partial charge in [-0.15, -0.1) is 0 Å². The normalized spacial score (nSPS) is 24.1. The van der Waals surface area contributed by atoms with Crippen molar-refractivity contribution in [2.45, 2.75) is 52.0 Å². The molecule has 1 heterocycles. The van der Waals surface area contributed by atoms with Crippen LogP contribution >= 0.6 is 15.9 Å². The molecule has 0 radical (unpaired) electrons. The second-order valence-electron chi connectivity index (χ2n) is 6.45. The molecule has 1 saturated carbocycles. The first-order chi connectivity index (χ1) is 9.03. The Morgan fingerprint density at radius 1 is 1.42 bits per heavy atom. The van der Waals surface area contributed by atoms with Gasteiger partial charge in [-0.25, -0.2) is 0 Å². The average molecular weight is 325 g/mol. The summed E-state index contributed by atoms with van der Waals surface area (Å²) in [6.45, 7) is 4.86. The van der Waals surface area contributed by atoms with Crippen LogP contribution in [0.1, 0.15) is 45.1 Å². The molecule has 1 aromatic rings. The Morgan fingerprint density at radius 3 is 2.84 bits per heavy atom. The predicted molar refractivity (Wildman–Crippen MR) is 84.2 cm³/mol. The second kappa shape index (κ2) is 6.36. The molecule has 2 unspecified atom stereocenters. The van der Waals surface area contributed by atoms with Gasteiger partial charge in [0.15, 0.2) is 0 Å². The van der Waals surface area contributed by atoms with Gasteiger partial charge in [-0.2, -0.15) is 0 Å². The first-order valence-electron chi connectivity index (χ1n) is 7.29. The summed E-state index contributed by atoms with van der Waals surface area (Å²) < 4.78 is 1.07. The van der Waals surface area contributed by atoms with Crippen molar-refractivity contribution in [1.82, 2.24) is 10.3 Å². The molecule has 1 aliphatic carbocycles. The van der Waals surface area contributed by atoms with E-state index in [0.717, 1.165) is 16.8 Å². The summed E-state index contributed by atoms with van der Waals surface area (Å²) >= 11 is 3.51. The molecule has 19 heavy (non-hydrogen) atoms. The molecule has 0 spiro atoms. The summed E-state index contributed by atoms with van der Waals surface area (Å²) in [6.07, 6.45) is 10.4. The lowest BCUT2D eigenvalue weighted by atomic mass is 9.65. The third-order valence-electron chi connectivity index (χ3n) is 4.66. The highest BCUT2D eigenvalue weighted by molar-refractivity contribution is 9.10. The summed E-state index contributed by atoms with van der Waals surface area (Å²) in [5.41, 5.74) is 1.76. The largest absolute Gasteiger partial charge is 0.316 e. The SMILES string of the molecule is CNC(Cc1cncc(Br)c1)C1CCCCC1(C)C. The minimum Gasteiger partial charge on any atom is -0.316 e. The van der Waals surface area contributed by atoms with E-state index >= 15 is 0 Å². The number of pyridine rings is 1. The summed E-state index contributed by atoms with van der Waals surface area (Å²) in [5, 5.41) is 3.55. The Hall–Kier alpha value is -0.410. The van der Waals surface area contributed by atoms with Gasteiger partial charge in [0.2, 0.25) is 0 Å². The molecule has 0 amide bonds. The molecule has 2 rings (SSSR count). The highest BCUT2D eigenvalue weighted by Crippen LogP contribution is 2.42. The van der Waals surface area contributed by atoms with Crippen LogP contribution in [0.25, 0.3) is 0 Å². The standard InChI is InChI=1S/C16H25BrN2/c1-16(2)7-5-4-6-14(16)15(18-3)9-12-8-13(17)11-19-10-12/h8,10-11,14-15,18H,4-7,9H2,1-3H3. The molecule has 2 nitrogen and oxygen atoms in total. The highest BCUT2D eigenvalue weighted by Gasteiger charge is 2.36. The zero-order valence-electron chi connectivity index (χ0n) is 12.2. The molecule has 1 aliphatic rings. The van der Waals surface area contributed by atoms with Crippen molar-refractivity contribution in [1.29, 1.82) is 0 Å². The fourth-order valence-electron chi connectivity index (χ4n) is 3.53. The number of hydrogen-bond acceptors (Lipinski definition) is 2. The van der Waals surface area contributed by atoms with Crippen LogP contribution in [-0.4, -0.2) is 18.1 Å². The van der Waals surface area contributed by atoms with E-state index in [9.17, 15) is 0 Å². The Bertz CT molecular complexity index is 417. The van der Waals surface area contributed by atoms with Gasteiger partial charge in [-0.3, -0.25) is 4.98 Å². The number of likely N-dealkylation sites (N-methyl/N-ethyl adjacent to an activating group) is 1. The Labute approximate surface area is 125 Å². The summed E-state index contributed by atoms with van der Waals surface area (Å²) in [6, 6.07) is 2.74. The molecule has 0 saturated heterocycles. The first kappa shape index (κ1) is 15.0. The lowest BCUT2D eigenvalue weighted by Gasteiger charge is -2.43. The van der Waals surface area contributed by atoms with E-state index in [1.165, 1.54) is 31.2 Å². The number of hydrogen-bond donors (Lipinski definition) is 1. The lowest BCUT2D eigenvalue weighted by Crippen LogP contribution is -2.44. The summed E-state index contributed by atoms with van der Waals surface area (Å²) in [5.74, 6) is 0.755. The maximum atomic E-state index is 4.28. The maximum Gasteiger partial charge on any atom is 0.0410 e. The quantitative estimate of drug-likeness (QED) is 0.898. The number of halogens is 1. The van der Waals surface area contributed by atoms with Crippen molar-refractivity contribution in [3.63, 3.8) is 0 Å². The van der Waals surface area contributed by atoms with Crippen molar-refractivity contribution in [3.05, 3.63) is 28.5 Å². The van der Waals surface area contributed by atoms with E-state index in [-0.39, 0.29) is 0 Å². The van der Waals surface area contributed by atoms with Gasteiger partial charge in [0, 0.05) is 22.9 Å². The predicted octanol–water partition coefficient (Wildman–Crippen LogP) is 4.19. The van der Waals surface area contributed by atoms with Crippen LogP contribution in [-0.2, 0) is 6.42 Å². The minimum absolute atomic E-state index is 0.450. The van der Waals surface area contributed by atoms with Crippen LogP contribution in [0, 0.1) is 11.3 Å². The van der Waals surface area contributed by atoms with E-state index < -0.39 is 0 Å². The van der Waals surface area contributed by atoms with Crippen molar-refractivity contribution >= 4 is 15.9 Å². The Balaban J connectivity index is 2.11. The Morgan fingerprint density at radius 2 is 2.21 bits per heavy atom. The van der Waals surface area contributed by atoms with E-state index in [0.29, 0.717) is 11.5 Å². The monoisotopic (exact) mass is 324 g/mol. The maximum absolute atomic E-state index is 4.28. The van der Waals surface area contributed by atoms with E-state index in [2.05, 4.69) is 53.2 Å². The van der Waals surface area contributed by atoms with Gasteiger partial charge in [0.05, 0.1) is 0 Å². The molecule has 1 N–H and O–H groups in total. The van der Waals surface area contributed by atoms with Crippen LogP contribution in [0.3, 0.4) is 0 Å². The third-order valence-corrected chi connectivity index (χ3v) is 5.10. The molecule has 1 fully saturated rings. The molecule has 0 aromatic carbocycles. The zero-order chi connectivity index (χ0) is 13.9. The molecule has 0 bridgehead atoms. The second-order valence-corrected chi connectivity index (χ2v) is 7.37. The van der Waals surface area contributed by atoms with Crippen molar-refractivity contribution in [3.8, 4) is 0 Å². The van der Waals surface area contributed by atoms with Gasteiger partial charge in [-0.1, -0.05) is 26.7 Å². The first-order valence-corrected chi connectivity index (χ1v) is 8.09.